The predicted molar refractivity (Wildman–Crippen MR) is 95.9 cm³/mol. The Hall–Kier alpha value is -1.53. The smallest absolute Gasteiger partial charge is 0.169 e. The summed E-state index contributed by atoms with van der Waals surface area (Å²) in [6.07, 6.45) is 0. The van der Waals surface area contributed by atoms with Crippen LogP contribution in [0.2, 0.25) is 0 Å². The fraction of sp³-hybridized carbons (Fsp3) is 0.562. The summed E-state index contributed by atoms with van der Waals surface area (Å²) >= 11 is 5.48. The number of piperazine rings is 1. The van der Waals surface area contributed by atoms with Crippen LogP contribution >= 0.6 is 12.2 Å². The van der Waals surface area contributed by atoms with E-state index in [9.17, 15) is 0 Å². The lowest BCUT2D eigenvalue weighted by Crippen LogP contribution is -2.52. The Morgan fingerprint density at radius 3 is 2.36 bits per heavy atom. The van der Waals surface area contributed by atoms with E-state index in [-0.39, 0.29) is 0 Å². The van der Waals surface area contributed by atoms with Gasteiger partial charge in [-0.05, 0) is 50.6 Å². The minimum Gasteiger partial charge on any atom is -0.497 e. The maximum Gasteiger partial charge on any atom is 0.169 e. The number of hydrogen-bond donors (Lipinski definition) is 1. The molecule has 0 unspecified atom stereocenters. The molecule has 1 heterocycles. The number of benzene rings is 1. The van der Waals surface area contributed by atoms with E-state index in [1.807, 2.05) is 12.1 Å². The van der Waals surface area contributed by atoms with E-state index in [1.54, 1.807) is 7.11 Å². The third-order valence-corrected chi connectivity index (χ3v) is 4.24. The molecule has 0 aliphatic carbocycles. The lowest BCUT2D eigenvalue weighted by atomic mass is 10.2. The van der Waals surface area contributed by atoms with Gasteiger partial charge in [0.1, 0.15) is 5.75 Å². The zero-order valence-corrected chi connectivity index (χ0v) is 14.5. The van der Waals surface area contributed by atoms with Gasteiger partial charge < -0.3 is 24.8 Å². The number of ether oxygens (including phenoxy) is 1. The van der Waals surface area contributed by atoms with Crippen molar-refractivity contribution in [3.8, 4) is 5.75 Å². The van der Waals surface area contributed by atoms with Crippen molar-refractivity contribution in [2.45, 2.75) is 0 Å². The number of anilines is 1. The molecule has 2 rings (SSSR count). The van der Waals surface area contributed by atoms with Gasteiger partial charge >= 0.3 is 0 Å². The van der Waals surface area contributed by atoms with Gasteiger partial charge in [-0.15, -0.1) is 0 Å². The minimum absolute atomic E-state index is 0.872. The highest BCUT2D eigenvalue weighted by atomic mass is 32.1. The van der Waals surface area contributed by atoms with E-state index >= 15 is 0 Å². The molecule has 1 aromatic rings. The Bertz CT molecular complexity index is 470. The van der Waals surface area contributed by atoms with Crippen molar-refractivity contribution in [3.63, 3.8) is 0 Å². The van der Waals surface area contributed by atoms with Gasteiger partial charge in [0.15, 0.2) is 5.11 Å². The van der Waals surface area contributed by atoms with Gasteiger partial charge in [0.2, 0.25) is 0 Å². The molecule has 0 bridgehead atoms. The van der Waals surface area contributed by atoms with E-state index in [0.29, 0.717) is 0 Å². The van der Waals surface area contributed by atoms with Crippen molar-refractivity contribution >= 4 is 23.0 Å². The molecule has 0 amide bonds. The average molecular weight is 322 g/mol. The summed E-state index contributed by atoms with van der Waals surface area (Å²) in [4.78, 5) is 6.79. The normalized spacial score (nSPS) is 15.1. The Morgan fingerprint density at radius 1 is 1.18 bits per heavy atom. The Balaban J connectivity index is 1.78. The number of rotatable bonds is 5. The first kappa shape index (κ1) is 16.8. The SMILES string of the molecule is COc1ccc(N2CCN(C(=S)NCCN(C)C)CC2)cc1. The van der Waals surface area contributed by atoms with E-state index in [1.165, 1.54) is 5.69 Å². The van der Waals surface area contributed by atoms with Gasteiger partial charge in [-0.25, -0.2) is 0 Å². The molecule has 0 saturated carbocycles. The summed E-state index contributed by atoms with van der Waals surface area (Å²) < 4.78 is 5.20. The van der Waals surface area contributed by atoms with E-state index in [2.05, 4.69) is 46.2 Å². The molecule has 1 N–H and O–H groups in total. The van der Waals surface area contributed by atoms with Gasteiger partial charge in [0.05, 0.1) is 7.11 Å². The third-order valence-electron chi connectivity index (χ3n) is 3.84. The van der Waals surface area contributed by atoms with Crippen LogP contribution < -0.4 is 15.0 Å². The van der Waals surface area contributed by atoms with Crippen molar-refractivity contribution in [3.05, 3.63) is 24.3 Å². The lowest BCUT2D eigenvalue weighted by molar-refractivity contribution is 0.371. The predicted octanol–water partition coefficient (Wildman–Crippen LogP) is 1.25. The number of thiocarbonyl (C=S) groups is 1. The summed E-state index contributed by atoms with van der Waals surface area (Å²) in [5.74, 6) is 0.897. The summed E-state index contributed by atoms with van der Waals surface area (Å²) in [6, 6.07) is 8.24. The van der Waals surface area contributed by atoms with Gasteiger partial charge in [0.25, 0.3) is 0 Å². The Kier molecular flexibility index (Phi) is 6.27. The molecule has 1 aliphatic heterocycles. The number of likely N-dealkylation sites (N-methyl/N-ethyl adjacent to an activating group) is 1. The van der Waals surface area contributed by atoms with Crippen molar-refractivity contribution < 1.29 is 4.74 Å². The van der Waals surface area contributed by atoms with E-state index in [4.69, 9.17) is 17.0 Å². The monoisotopic (exact) mass is 322 g/mol. The Morgan fingerprint density at radius 2 is 1.82 bits per heavy atom. The van der Waals surface area contributed by atoms with Crippen molar-refractivity contribution in [2.24, 2.45) is 0 Å². The van der Waals surface area contributed by atoms with Crippen LogP contribution in [-0.4, -0.2) is 75.4 Å². The second kappa shape index (κ2) is 8.19. The molecule has 0 radical (unpaired) electrons. The highest BCUT2D eigenvalue weighted by molar-refractivity contribution is 7.80. The second-order valence-corrected chi connectivity index (χ2v) is 6.09. The Labute approximate surface area is 138 Å². The molecule has 0 spiro atoms. The molecular weight excluding hydrogens is 296 g/mol. The topological polar surface area (TPSA) is 31.0 Å². The van der Waals surface area contributed by atoms with Gasteiger partial charge in [-0.3, -0.25) is 0 Å². The quantitative estimate of drug-likeness (QED) is 0.821. The highest BCUT2D eigenvalue weighted by Crippen LogP contribution is 2.20. The summed E-state index contributed by atoms with van der Waals surface area (Å²) in [5, 5.41) is 4.21. The maximum absolute atomic E-state index is 5.48. The van der Waals surface area contributed by atoms with E-state index in [0.717, 1.165) is 50.1 Å². The number of nitrogens with zero attached hydrogens (tertiary/aromatic N) is 3. The largest absolute Gasteiger partial charge is 0.497 e. The van der Waals surface area contributed by atoms with Gasteiger partial charge in [-0.1, -0.05) is 0 Å². The molecule has 1 saturated heterocycles. The zero-order valence-electron chi connectivity index (χ0n) is 13.7. The van der Waals surface area contributed by atoms with Crippen LogP contribution in [0.15, 0.2) is 24.3 Å². The minimum atomic E-state index is 0.872. The average Bonchev–Trinajstić information content (AvgIpc) is 2.54. The van der Waals surface area contributed by atoms with Gasteiger partial charge in [-0.2, -0.15) is 0 Å². The molecule has 0 atom stereocenters. The van der Waals surface area contributed by atoms with Crippen LogP contribution in [0.3, 0.4) is 0 Å². The number of hydrogen-bond acceptors (Lipinski definition) is 4. The molecule has 1 aromatic carbocycles. The summed E-state index contributed by atoms with van der Waals surface area (Å²) in [7, 11) is 5.83. The first-order chi connectivity index (χ1) is 10.6. The van der Waals surface area contributed by atoms with Crippen LogP contribution in [0.25, 0.3) is 0 Å². The van der Waals surface area contributed by atoms with Crippen LogP contribution in [0.1, 0.15) is 0 Å². The molecule has 6 heteroatoms. The first-order valence-corrected chi connectivity index (χ1v) is 8.07. The van der Waals surface area contributed by atoms with Crippen LogP contribution in [0.5, 0.6) is 5.75 Å². The number of methoxy groups -OCH3 is 1. The fourth-order valence-electron chi connectivity index (χ4n) is 2.46. The fourth-order valence-corrected chi connectivity index (χ4v) is 2.74. The molecular formula is C16H26N4OS. The van der Waals surface area contributed by atoms with Gasteiger partial charge in [0, 0.05) is 45.0 Å². The second-order valence-electron chi connectivity index (χ2n) is 5.71. The molecule has 22 heavy (non-hydrogen) atoms. The molecule has 122 valence electrons. The van der Waals surface area contributed by atoms with Crippen LogP contribution in [-0.2, 0) is 0 Å². The number of nitrogens with one attached hydrogen (secondary N) is 1. The zero-order chi connectivity index (χ0) is 15.9. The molecule has 1 fully saturated rings. The third kappa shape index (κ3) is 4.74. The van der Waals surface area contributed by atoms with E-state index < -0.39 is 0 Å². The standard InChI is InChI=1S/C16H26N4OS/c1-18(2)9-8-17-16(22)20-12-10-19(11-13-20)14-4-6-15(21-3)7-5-14/h4-7H,8-13H2,1-3H3,(H,17,22). The van der Waals surface area contributed by atoms with Crippen molar-refractivity contribution in [2.75, 3.05) is 65.4 Å². The highest BCUT2D eigenvalue weighted by Gasteiger charge is 2.18. The summed E-state index contributed by atoms with van der Waals surface area (Å²) in [6.45, 7) is 5.78. The maximum atomic E-state index is 5.48. The van der Waals surface area contributed by atoms with Crippen LogP contribution in [0, 0.1) is 0 Å². The molecule has 0 aromatic heterocycles. The lowest BCUT2D eigenvalue weighted by Gasteiger charge is -2.37. The molecule has 1 aliphatic rings. The first-order valence-electron chi connectivity index (χ1n) is 7.66. The van der Waals surface area contributed by atoms with Crippen molar-refractivity contribution in [1.29, 1.82) is 0 Å². The van der Waals surface area contributed by atoms with Crippen molar-refractivity contribution in [1.82, 2.24) is 15.1 Å². The molecule has 5 nitrogen and oxygen atoms in total. The van der Waals surface area contributed by atoms with Crippen LogP contribution in [0.4, 0.5) is 5.69 Å². The summed E-state index contributed by atoms with van der Waals surface area (Å²) in [5.41, 5.74) is 1.24.